The van der Waals surface area contributed by atoms with Crippen molar-refractivity contribution in [1.82, 2.24) is 14.2 Å². The van der Waals surface area contributed by atoms with E-state index in [2.05, 4.69) is 70.7 Å². The van der Waals surface area contributed by atoms with E-state index in [0.29, 0.717) is 28.1 Å². The van der Waals surface area contributed by atoms with Gasteiger partial charge in [0.2, 0.25) is 5.82 Å². The van der Waals surface area contributed by atoms with E-state index in [1.54, 1.807) is 12.3 Å². The fourth-order valence-corrected chi connectivity index (χ4v) is 5.83. The lowest BCUT2D eigenvalue weighted by Gasteiger charge is -2.09. The SMILES string of the molecule is Cc1cccc(Cn2c(C)c(C=Nn3c(-c4cc5cc(Br)ccc5o4)nc4ccccc4c3=O)c3ccccc32)c1. The van der Waals surface area contributed by atoms with Gasteiger partial charge in [0.1, 0.15) is 5.58 Å². The molecule has 0 fully saturated rings. The lowest BCUT2D eigenvalue weighted by Crippen LogP contribution is -2.20. The lowest BCUT2D eigenvalue weighted by molar-refractivity contribution is 0.616. The van der Waals surface area contributed by atoms with Gasteiger partial charge in [-0.3, -0.25) is 4.79 Å². The van der Waals surface area contributed by atoms with Crippen molar-refractivity contribution < 1.29 is 4.42 Å². The third kappa shape index (κ3) is 4.48. The third-order valence-electron chi connectivity index (χ3n) is 7.46. The van der Waals surface area contributed by atoms with Crippen LogP contribution in [0.25, 0.3) is 44.4 Å². The highest BCUT2D eigenvalue weighted by Gasteiger charge is 2.18. The first-order valence-electron chi connectivity index (χ1n) is 13.4. The predicted molar refractivity (Wildman–Crippen MR) is 169 cm³/mol. The van der Waals surface area contributed by atoms with E-state index < -0.39 is 0 Å². The zero-order valence-corrected chi connectivity index (χ0v) is 24.1. The third-order valence-corrected chi connectivity index (χ3v) is 7.95. The van der Waals surface area contributed by atoms with Gasteiger partial charge >= 0.3 is 0 Å². The Morgan fingerprint density at radius 2 is 1.71 bits per heavy atom. The van der Waals surface area contributed by atoms with E-state index in [-0.39, 0.29) is 5.56 Å². The molecule has 41 heavy (non-hydrogen) atoms. The zero-order valence-electron chi connectivity index (χ0n) is 22.5. The van der Waals surface area contributed by atoms with Gasteiger partial charge in [0.05, 0.1) is 17.1 Å². The lowest BCUT2D eigenvalue weighted by atomic mass is 10.1. The molecule has 0 saturated heterocycles. The molecule has 3 aromatic heterocycles. The van der Waals surface area contributed by atoms with Crippen LogP contribution in [0.4, 0.5) is 0 Å². The first-order chi connectivity index (χ1) is 20.0. The van der Waals surface area contributed by atoms with Crippen LogP contribution < -0.4 is 5.56 Å². The average molecular weight is 602 g/mol. The molecule has 0 radical (unpaired) electrons. The molecule has 0 aliphatic carbocycles. The summed E-state index contributed by atoms with van der Waals surface area (Å²) >= 11 is 3.52. The summed E-state index contributed by atoms with van der Waals surface area (Å²) in [5, 5.41) is 7.23. The summed E-state index contributed by atoms with van der Waals surface area (Å²) in [7, 11) is 0. The van der Waals surface area contributed by atoms with Crippen molar-refractivity contribution in [2.75, 3.05) is 0 Å². The molecule has 0 N–H and O–H groups in total. The van der Waals surface area contributed by atoms with Crippen LogP contribution >= 0.6 is 15.9 Å². The van der Waals surface area contributed by atoms with Crippen LogP contribution in [-0.2, 0) is 6.54 Å². The molecule has 7 rings (SSSR count). The van der Waals surface area contributed by atoms with Crippen molar-refractivity contribution in [1.29, 1.82) is 0 Å². The quantitative estimate of drug-likeness (QED) is 0.188. The number of furan rings is 1. The zero-order chi connectivity index (χ0) is 28.1. The standard InChI is InChI=1S/C34H25BrN4O2/c1-21-8-7-9-23(16-21)20-38-22(2)28(26-10-4-6-13-30(26)38)19-36-39-33(37-29-12-5-3-11-27(29)34(39)40)32-18-24-17-25(35)14-15-31(24)41-32/h3-19H,20H2,1-2H3. The van der Waals surface area contributed by atoms with E-state index in [4.69, 9.17) is 14.5 Å². The first kappa shape index (κ1) is 25.2. The number of rotatable bonds is 5. The van der Waals surface area contributed by atoms with Crippen LogP contribution in [0.3, 0.4) is 0 Å². The normalized spacial score (nSPS) is 11.9. The maximum absolute atomic E-state index is 13.8. The summed E-state index contributed by atoms with van der Waals surface area (Å²) < 4.78 is 10.7. The molecule has 0 atom stereocenters. The fourth-order valence-electron chi connectivity index (χ4n) is 5.45. The van der Waals surface area contributed by atoms with Gasteiger partial charge in [-0.25, -0.2) is 4.98 Å². The molecular formula is C34H25BrN4O2. The highest BCUT2D eigenvalue weighted by atomic mass is 79.9. The van der Waals surface area contributed by atoms with Gasteiger partial charge in [0, 0.05) is 38.6 Å². The molecule has 7 heteroatoms. The number of fused-ring (bicyclic) bond motifs is 3. The number of hydrogen-bond donors (Lipinski definition) is 0. The Morgan fingerprint density at radius 1 is 0.902 bits per heavy atom. The van der Waals surface area contributed by atoms with Gasteiger partial charge in [0.15, 0.2) is 5.76 Å². The van der Waals surface area contributed by atoms with Gasteiger partial charge in [-0.15, -0.1) is 0 Å². The second-order valence-electron chi connectivity index (χ2n) is 10.2. The Labute approximate surface area is 244 Å². The number of benzene rings is 4. The highest BCUT2D eigenvalue weighted by Crippen LogP contribution is 2.30. The molecule has 0 spiro atoms. The summed E-state index contributed by atoms with van der Waals surface area (Å²) in [6.45, 7) is 4.94. The maximum Gasteiger partial charge on any atom is 0.282 e. The number of aryl methyl sites for hydroxylation is 1. The van der Waals surface area contributed by atoms with Gasteiger partial charge in [-0.2, -0.15) is 9.78 Å². The van der Waals surface area contributed by atoms with Crippen molar-refractivity contribution in [3.8, 4) is 11.6 Å². The van der Waals surface area contributed by atoms with Crippen molar-refractivity contribution in [3.05, 3.63) is 134 Å². The minimum absolute atomic E-state index is 0.260. The van der Waals surface area contributed by atoms with E-state index in [0.717, 1.165) is 38.6 Å². The predicted octanol–water partition coefficient (Wildman–Crippen LogP) is 8.07. The van der Waals surface area contributed by atoms with E-state index in [1.807, 2.05) is 54.6 Å². The first-order valence-corrected chi connectivity index (χ1v) is 14.1. The Morgan fingerprint density at radius 3 is 2.56 bits per heavy atom. The van der Waals surface area contributed by atoms with Crippen LogP contribution in [0.5, 0.6) is 0 Å². The molecule has 7 aromatic rings. The van der Waals surface area contributed by atoms with Gasteiger partial charge in [0.25, 0.3) is 5.56 Å². The van der Waals surface area contributed by atoms with Gasteiger partial charge < -0.3 is 8.98 Å². The second kappa shape index (κ2) is 10.0. The topological polar surface area (TPSA) is 65.3 Å². The minimum atomic E-state index is -0.260. The summed E-state index contributed by atoms with van der Waals surface area (Å²) in [5.74, 6) is 0.815. The number of aromatic nitrogens is 3. The molecule has 4 aromatic carbocycles. The molecule has 6 nitrogen and oxygen atoms in total. The van der Waals surface area contributed by atoms with Gasteiger partial charge in [-0.1, -0.05) is 76.1 Å². The number of nitrogens with zero attached hydrogens (tertiary/aromatic N) is 4. The van der Waals surface area contributed by atoms with Crippen LogP contribution in [0.1, 0.15) is 22.4 Å². The molecule has 0 amide bonds. The van der Waals surface area contributed by atoms with Gasteiger partial charge in [-0.05, 0) is 61.9 Å². The largest absolute Gasteiger partial charge is 0.453 e. The van der Waals surface area contributed by atoms with Crippen LogP contribution in [0.15, 0.2) is 116 Å². The number of halogens is 1. The second-order valence-corrected chi connectivity index (χ2v) is 11.1. The summed E-state index contributed by atoms with van der Waals surface area (Å²) in [4.78, 5) is 18.6. The molecule has 200 valence electrons. The van der Waals surface area contributed by atoms with Crippen molar-refractivity contribution in [2.24, 2.45) is 5.10 Å². The smallest absolute Gasteiger partial charge is 0.282 e. The van der Waals surface area contributed by atoms with Crippen molar-refractivity contribution in [2.45, 2.75) is 20.4 Å². The highest BCUT2D eigenvalue weighted by molar-refractivity contribution is 9.10. The maximum atomic E-state index is 13.8. The van der Waals surface area contributed by atoms with Crippen LogP contribution in [0.2, 0.25) is 0 Å². The average Bonchev–Trinajstić information content (AvgIpc) is 3.51. The molecule has 0 aliphatic rings. The van der Waals surface area contributed by atoms with Crippen LogP contribution in [-0.4, -0.2) is 20.4 Å². The molecule has 0 aliphatic heterocycles. The Bertz CT molecular complexity index is 2200. The fraction of sp³-hybridized carbons (Fsp3) is 0.0882. The van der Waals surface area contributed by atoms with E-state index >= 15 is 0 Å². The molecule has 0 bridgehead atoms. The minimum Gasteiger partial charge on any atom is -0.453 e. The molecule has 0 unspecified atom stereocenters. The van der Waals surface area contributed by atoms with E-state index in [9.17, 15) is 4.79 Å². The van der Waals surface area contributed by atoms with Crippen molar-refractivity contribution in [3.63, 3.8) is 0 Å². The Kier molecular flexibility index (Phi) is 6.16. The molecule has 0 saturated carbocycles. The number of para-hydroxylation sites is 2. The summed E-state index contributed by atoms with van der Waals surface area (Å²) in [5.41, 5.74) is 6.62. The summed E-state index contributed by atoms with van der Waals surface area (Å²) in [6.07, 6.45) is 1.77. The molecule has 3 heterocycles. The monoisotopic (exact) mass is 600 g/mol. The summed E-state index contributed by atoms with van der Waals surface area (Å²) in [6, 6.07) is 31.8. The Hall–Kier alpha value is -4.75. The molecular weight excluding hydrogens is 576 g/mol. The number of hydrogen-bond acceptors (Lipinski definition) is 4. The van der Waals surface area contributed by atoms with E-state index in [1.165, 1.54) is 15.8 Å². The Balaban J connectivity index is 1.40. The van der Waals surface area contributed by atoms with Crippen LogP contribution in [0, 0.1) is 13.8 Å². The van der Waals surface area contributed by atoms with Crippen molar-refractivity contribution >= 4 is 54.9 Å².